The van der Waals surface area contributed by atoms with Gasteiger partial charge < -0.3 is 14.9 Å². The Morgan fingerprint density at radius 3 is 2.00 bits per heavy atom. The lowest BCUT2D eigenvalue weighted by atomic mass is 9.35. The summed E-state index contributed by atoms with van der Waals surface area (Å²) < 4.78 is 6.73. The molecule has 0 amide bonds. The van der Waals surface area contributed by atoms with E-state index < -0.39 is 5.60 Å². The number of hydrogen-bond acceptors (Lipinski definition) is 3. The Morgan fingerprint density at radius 1 is 0.697 bits per heavy atom. The minimum Gasteiger partial charge on any atom is -0.393 e. The van der Waals surface area contributed by atoms with Crippen LogP contribution in [-0.4, -0.2) is 33.6 Å². The van der Waals surface area contributed by atoms with Crippen LogP contribution in [0, 0.1) is 45.3 Å². The number of fused-ring (bicyclic) bond motifs is 5. The zero-order valence-corrected chi connectivity index (χ0v) is 22.8. The van der Waals surface area contributed by atoms with Crippen molar-refractivity contribution in [3.8, 4) is 0 Å². The first kappa shape index (κ1) is 24.6. The molecule has 33 heavy (non-hydrogen) atoms. The number of rotatable bonds is 2. The van der Waals surface area contributed by atoms with E-state index in [2.05, 4.69) is 41.5 Å². The largest absolute Gasteiger partial charge is 0.393 e. The summed E-state index contributed by atoms with van der Waals surface area (Å²) in [4.78, 5) is 0. The molecule has 0 aromatic carbocycles. The highest BCUT2D eigenvalue weighted by atomic mass is 16.5. The van der Waals surface area contributed by atoms with Crippen LogP contribution in [0.5, 0.6) is 0 Å². The van der Waals surface area contributed by atoms with Crippen LogP contribution in [0.1, 0.15) is 120 Å². The third-order valence-electron chi connectivity index (χ3n) is 13.3. The van der Waals surface area contributed by atoms with Crippen LogP contribution in [0.3, 0.4) is 0 Å². The van der Waals surface area contributed by atoms with E-state index in [1.165, 1.54) is 44.9 Å². The third kappa shape index (κ3) is 3.16. The van der Waals surface area contributed by atoms with Gasteiger partial charge in [0.1, 0.15) is 0 Å². The fourth-order valence-electron chi connectivity index (χ4n) is 11.1. The highest BCUT2D eigenvalue weighted by Crippen LogP contribution is 2.76. The van der Waals surface area contributed by atoms with Crippen molar-refractivity contribution in [3.05, 3.63) is 0 Å². The lowest BCUT2D eigenvalue weighted by Crippen LogP contribution is -2.64. The molecule has 4 saturated carbocycles. The summed E-state index contributed by atoms with van der Waals surface area (Å²) in [6.07, 6.45) is 11.9. The predicted octanol–water partition coefficient (Wildman–Crippen LogP) is 6.74. The molecular formula is C30H52O3. The molecule has 0 aromatic heterocycles. The van der Waals surface area contributed by atoms with Crippen LogP contribution in [0.2, 0.25) is 0 Å². The molecule has 5 fully saturated rings. The smallest absolute Gasteiger partial charge is 0.0865 e. The van der Waals surface area contributed by atoms with Crippen LogP contribution in [0.15, 0.2) is 0 Å². The maximum absolute atomic E-state index is 10.9. The Kier molecular flexibility index (Phi) is 5.38. The lowest BCUT2D eigenvalue weighted by Gasteiger charge is -2.70. The second-order valence-electron chi connectivity index (χ2n) is 15.3. The zero-order valence-electron chi connectivity index (χ0n) is 22.8. The van der Waals surface area contributed by atoms with Crippen molar-refractivity contribution < 1.29 is 14.9 Å². The molecule has 2 N–H and O–H groups in total. The van der Waals surface area contributed by atoms with E-state index in [0.29, 0.717) is 28.1 Å². The highest BCUT2D eigenvalue weighted by molar-refractivity contribution is 5.18. The lowest BCUT2D eigenvalue weighted by molar-refractivity contribution is -0.227. The normalized spacial score (nSPS) is 56.2. The Labute approximate surface area is 203 Å². The molecule has 5 rings (SSSR count). The molecule has 0 radical (unpaired) electrons. The molecule has 0 aromatic rings. The fraction of sp³-hybridized carbons (Fsp3) is 1.00. The molecule has 5 aliphatic rings. The van der Waals surface area contributed by atoms with E-state index in [-0.39, 0.29) is 23.2 Å². The van der Waals surface area contributed by atoms with Crippen LogP contribution in [0.4, 0.5) is 0 Å². The monoisotopic (exact) mass is 460 g/mol. The molecular weight excluding hydrogens is 408 g/mol. The van der Waals surface area contributed by atoms with Crippen molar-refractivity contribution in [1.82, 2.24) is 0 Å². The number of aliphatic hydroxyl groups excluding tert-OH is 1. The SMILES string of the molecule is CC(C)(O)C1CC[C@](C)(C2CC[C@]3(C)C2CCC2[C@@]4(C)CC[C@@H](O)C(C)(C)C4CC[C@]23C)O1. The molecule has 3 heteroatoms. The molecule has 0 spiro atoms. The average molecular weight is 461 g/mol. The van der Waals surface area contributed by atoms with Gasteiger partial charge in [0.25, 0.3) is 0 Å². The summed E-state index contributed by atoms with van der Waals surface area (Å²) in [7, 11) is 0. The van der Waals surface area contributed by atoms with E-state index in [1.807, 2.05) is 13.8 Å². The van der Waals surface area contributed by atoms with Gasteiger partial charge in [-0.2, -0.15) is 0 Å². The van der Waals surface area contributed by atoms with E-state index in [0.717, 1.165) is 31.1 Å². The van der Waals surface area contributed by atoms with Gasteiger partial charge in [0.05, 0.1) is 23.4 Å². The van der Waals surface area contributed by atoms with Crippen LogP contribution in [0.25, 0.3) is 0 Å². The Bertz CT molecular complexity index is 784. The maximum atomic E-state index is 10.9. The van der Waals surface area contributed by atoms with Crippen molar-refractivity contribution in [2.24, 2.45) is 45.3 Å². The van der Waals surface area contributed by atoms with Crippen LogP contribution >= 0.6 is 0 Å². The quantitative estimate of drug-likeness (QED) is 0.480. The first-order chi connectivity index (χ1) is 15.1. The summed E-state index contributed by atoms with van der Waals surface area (Å²) in [5.41, 5.74) is 0.277. The van der Waals surface area contributed by atoms with Crippen LogP contribution < -0.4 is 0 Å². The summed E-state index contributed by atoms with van der Waals surface area (Å²) in [5, 5.41) is 21.5. The zero-order chi connectivity index (χ0) is 24.2. The molecule has 3 nitrogen and oxygen atoms in total. The molecule has 1 aliphatic heterocycles. The van der Waals surface area contributed by atoms with Gasteiger partial charge >= 0.3 is 0 Å². The van der Waals surface area contributed by atoms with Gasteiger partial charge in [0.15, 0.2) is 0 Å². The first-order valence-corrected chi connectivity index (χ1v) is 14.2. The standard InChI is InChI=1S/C30H52O3/c1-25(2)21-12-17-29(7)22(27(21,5)15-13-23(25)31)10-9-19-20(11-16-28(19,29)6)30(8)18-14-24(33-30)26(3,4)32/h19-24,31-32H,9-18H2,1-8H3/t19?,20?,21?,22?,23-,24?,27+,28-,29-,30-/m1/s1. The van der Waals surface area contributed by atoms with Crippen molar-refractivity contribution in [2.45, 2.75) is 143 Å². The Balaban J connectivity index is 1.44. The van der Waals surface area contributed by atoms with Gasteiger partial charge in [-0.3, -0.25) is 0 Å². The molecule has 4 aliphatic carbocycles. The summed E-state index contributed by atoms with van der Waals surface area (Å²) in [5.74, 6) is 2.73. The van der Waals surface area contributed by atoms with Gasteiger partial charge in [0, 0.05) is 0 Å². The van der Waals surface area contributed by atoms with Gasteiger partial charge in [-0.05, 0) is 130 Å². The number of aliphatic hydroxyl groups is 2. The second kappa shape index (κ2) is 7.22. The number of hydrogen-bond donors (Lipinski definition) is 2. The molecule has 1 saturated heterocycles. The van der Waals surface area contributed by atoms with Crippen molar-refractivity contribution in [2.75, 3.05) is 0 Å². The molecule has 0 bridgehead atoms. The second-order valence-corrected chi connectivity index (χ2v) is 15.3. The molecule has 10 atom stereocenters. The van der Waals surface area contributed by atoms with Gasteiger partial charge in [-0.15, -0.1) is 0 Å². The Hall–Kier alpha value is -0.120. The molecule has 1 heterocycles. The fourth-order valence-corrected chi connectivity index (χ4v) is 11.1. The molecule has 5 unspecified atom stereocenters. The van der Waals surface area contributed by atoms with E-state index in [9.17, 15) is 10.2 Å². The van der Waals surface area contributed by atoms with Gasteiger partial charge in [0.2, 0.25) is 0 Å². The minimum atomic E-state index is -0.755. The van der Waals surface area contributed by atoms with E-state index in [1.54, 1.807) is 0 Å². The first-order valence-electron chi connectivity index (χ1n) is 14.2. The summed E-state index contributed by atoms with van der Waals surface area (Å²) in [6.45, 7) is 18.8. The molecule has 190 valence electrons. The predicted molar refractivity (Wildman–Crippen MR) is 134 cm³/mol. The minimum absolute atomic E-state index is 0.0293. The Morgan fingerprint density at radius 2 is 1.36 bits per heavy atom. The van der Waals surface area contributed by atoms with Crippen LogP contribution in [-0.2, 0) is 4.74 Å². The maximum Gasteiger partial charge on any atom is 0.0865 e. The van der Waals surface area contributed by atoms with E-state index >= 15 is 0 Å². The highest BCUT2D eigenvalue weighted by Gasteiger charge is 2.70. The number of ether oxygens (including phenoxy) is 1. The van der Waals surface area contributed by atoms with Crippen molar-refractivity contribution in [1.29, 1.82) is 0 Å². The van der Waals surface area contributed by atoms with Crippen molar-refractivity contribution >= 4 is 0 Å². The summed E-state index contributed by atoms with van der Waals surface area (Å²) in [6, 6.07) is 0. The average Bonchev–Trinajstić information content (AvgIpc) is 3.27. The third-order valence-corrected chi connectivity index (χ3v) is 13.3. The van der Waals surface area contributed by atoms with Crippen molar-refractivity contribution in [3.63, 3.8) is 0 Å². The van der Waals surface area contributed by atoms with E-state index in [4.69, 9.17) is 4.74 Å². The topological polar surface area (TPSA) is 49.7 Å². The van der Waals surface area contributed by atoms with Gasteiger partial charge in [-0.1, -0.05) is 34.6 Å². The summed E-state index contributed by atoms with van der Waals surface area (Å²) >= 11 is 0. The van der Waals surface area contributed by atoms with Gasteiger partial charge in [-0.25, -0.2) is 0 Å².